The maximum atomic E-state index is 14.0. The minimum absolute atomic E-state index is 0.0206. The van der Waals surface area contributed by atoms with Crippen molar-refractivity contribution in [3.63, 3.8) is 0 Å². The molecule has 1 aliphatic heterocycles. The number of nitrogens with zero attached hydrogens (tertiary/aromatic N) is 3. The number of rotatable bonds is 4. The smallest absolute Gasteiger partial charge is 0.270 e. The van der Waals surface area contributed by atoms with Gasteiger partial charge in [-0.15, -0.1) is 0 Å². The van der Waals surface area contributed by atoms with Gasteiger partial charge in [0.2, 0.25) is 11.6 Å². The van der Waals surface area contributed by atoms with Crippen molar-refractivity contribution in [2.75, 3.05) is 19.6 Å². The molecule has 194 valence electrons. The van der Waals surface area contributed by atoms with Gasteiger partial charge >= 0.3 is 0 Å². The van der Waals surface area contributed by atoms with Crippen LogP contribution in [0.1, 0.15) is 67.1 Å². The van der Waals surface area contributed by atoms with Crippen molar-refractivity contribution in [1.29, 1.82) is 0 Å². The van der Waals surface area contributed by atoms with Crippen LogP contribution in [-0.4, -0.2) is 51.9 Å². The summed E-state index contributed by atoms with van der Waals surface area (Å²) in [6, 6.07) is 12.3. The molecule has 0 spiro atoms. The highest BCUT2D eigenvalue weighted by atomic mass is 16.3. The second-order valence-electron chi connectivity index (χ2n) is 12.6. The molecule has 1 atom stereocenters. The molecule has 4 bridgehead atoms. The zero-order valence-electron chi connectivity index (χ0n) is 22.0. The summed E-state index contributed by atoms with van der Waals surface area (Å²) in [6.07, 6.45) is 8.99. The largest absolute Gasteiger partial charge is 0.448 e. The Morgan fingerprint density at radius 3 is 2.30 bits per heavy atom. The Balaban J connectivity index is 1.10. The van der Waals surface area contributed by atoms with Crippen LogP contribution in [-0.2, 0) is 11.3 Å². The number of fused-ring (bicyclic) bond motifs is 1. The number of aryl methyl sites for hydroxylation is 1. The van der Waals surface area contributed by atoms with E-state index in [1.54, 1.807) is 6.26 Å². The molecular weight excluding hydrogens is 462 g/mol. The summed E-state index contributed by atoms with van der Waals surface area (Å²) < 4.78 is 7.79. The molecule has 3 aromatic rings. The van der Waals surface area contributed by atoms with Crippen molar-refractivity contribution in [1.82, 2.24) is 14.4 Å². The first-order valence-corrected chi connectivity index (χ1v) is 14.1. The highest BCUT2D eigenvalue weighted by molar-refractivity contribution is 5.98. The van der Waals surface area contributed by atoms with Crippen molar-refractivity contribution in [3.8, 4) is 0 Å². The molecule has 5 fully saturated rings. The first-order valence-electron chi connectivity index (χ1n) is 14.1. The lowest BCUT2D eigenvalue weighted by molar-refractivity contribution is -0.161. The molecule has 1 aromatic carbocycles. The Morgan fingerprint density at radius 2 is 1.65 bits per heavy atom. The molecule has 6 heteroatoms. The van der Waals surface area contributed by atoms with Gasteiger partial charge in [-0.25, -0.2) is 0 Å². The Bertz CT molecular complexity index is 1310. The summed E-state index contributed by atoms with van der Waals surface area (Å²) >= 11 is 0. The van der Waals surface area contributed by atoms with Gasteiger partial charge in [-0.1, -0.05) is 29.8 Å². The quantitative estimate of drug-likeness (QED) is 0.478. The van der Waals surface area contributed by atoms with Crippen molar-refractivity contribution in [2.24, 2.45) is 23.2 Å². The van der Waals surface area contributed by atoms with Gasteiger partial charge in [0.15, 0.2) is 0 Å². The van der Waals surface area contributed by atoms with Crippen molar-refractivity contribution in [2.45, 2.75) is 65.0 Å². The molecule has 0 N–H and O–H groups in total. The normalized spacial score (nSPS) is 30.9. The fraction of sp³-hybridized carbons (Fsp3) is 0.548. The zero-order valence-corrected chi connectivity index (χ0v) is 22.0. The van der Waals surface area contributed by atoms with E-state index in [1.165, 1.54) is 24.8 Å². The summed E-state index contributed by atoms with van der Waals surface area (Å²) in [5.74, 6) is 2.67. The van der Waals surface area contributed by atoms with E-state index in [4.69, 9.17) is 4.42 Å². The van der Waals surface area contributed by atoms with Gasteiger partial charge in [-0.05, 0) is 87.8 Å². The zero-order chi connectivity index (χ0) is 25.3. The predicted octanol–water partition coefficient (Wildman–Crippen LogP) is 5.48. The van der Waals surface area contributed by atoms with Gasteiger partial charge in [0.05, 0.1) is 18.2 Å². The van der Waals surface area contributed by atoms with E-state index in [9.17, 15) is 9.59 Å². The number of hydrogen-bond acceptors (Lipinski definition) is 3. The third-order valence-corrected chi connectivity index (χ3v) is 9.85. The summed E-state index contributed by atoms with van der Waals surface area (Å²) in [4.78, 5) is 31.9. The fourth-order valence-electron chi connectivity index (χ4n) is 8.47. The van der Waals surface area contributed by atoms with Gasteiger partial charge in [0.1, 0.15) is 5.69 Å². The Morgan fingerprint density at radius 1 is 0.973 bits per heavy atom. The third kappa shape index (κ3) is 3.82. The number of piperazine rings is 1. The molecule has 8 rings (SSSR count). The molecule has 3 heterocycles. The minimum atomic E-state index is -0.123. The van der Waals surface area contributed by atoms with E-state index in [1.807, 2.05) is 21.6 Å². The first-order chi connectivity index (χ1) is 17.9. The van der Waals surface area contributed by atoms with Crippen LogP contribution in [0, 0.1) is 30.1 Å². The minimum Gasteiger partial charge on any atom is -0.448 e. The maximum absolute atomic E-state index is 14.0. The van der Waals surface area contributed by atoms with E-state index >= 15 is 0 Å². The molecule has 4 aliphatic carbocycles. The number of amides is 2. The van der Waals surface area contributed by atoms with Crippen LogP contribution in [0.3, 0.4) is 0 Å². The molecular formula is C31H37N3O3. The average Bonchev–Trinajstić information content (AvgIpc) is 3.46. The lowest BCUT2D eigenvalue weighted by atomic mass is 9.49. The van der Waals surface area contributed by atoms with Crippen LogP contribution < -0.4 is 0 Å². The highest BCUT2D eigenvalue weighted by Gasteiger charge is 2.56. The second kappa shape index (κ2) is 8.50. The second-order valence-corrected chi connectivity index (χ2v) is 12.6. The SMILES string of the molecule is Cc1ccc(Cn2c(C(=O)N3CCN(C(=O)C45CC6CC(CC(C6)C4)C5)C(C)C3)cc3ccoc32)cc1. The Kier molecular flexibility index (Phi) is 5.31. The van der Waals surface area contributed by atoms with Crippen LogP contribution in [0.4, 0.5) is 0 Å². The number of benzene rings is 1. The molecule has 37 heavy (non-hydrogen) atoms. The summed E-state index contributed by atoms with van der Waals surface area (Å²) in [6.45, 7) is 6.57. The monoisotopic (exact) mass is 499 g/mol. The number of hydrogen-bond donors (Lipinski definition) is 0. The van der Waals surface area contributed by atoms with Crippen molar-refractivity contribution >= 4 is 22.9 Å². The van der Waals surface area contributed by atoms with Crippen molar-refractivity contribution < 1.29 is 14.0 Å². The molecule has 2 amide bonds. The average molecular weight is 500 g/mol. The third-order valence-electron chi connectivity index (χ3n) is 9.85. The van der Waals surface area contributed by atoms with Crippen LogP contribution in [0.25, 0.3) is 11.1 Å². The van der Waals surface area contributed by atoms with Crippen molar-refractivity contribution in [3.05, 3.63) is 59.5 Å². The summed E-state index contributed by atoms with van der Waals surface area (Å²) in [5, 5.41) is 0.944. The number of carbonyl (C=O) groups is 2. The van der Waals surface area contributed by atoms with Crippen LogP contribution >= 0.6 is 0 Å². The number of furan rings is 1. The molecule has 5 aliphatic rings. The first kappa shape index (κ1) is 23.1. The van der Waals surface area contributed by atoms with Crippen LogP contribution in [0.2, 0.25) is 0 Å². The molecule has 2 aromatic heterocycles. The molecule has 6 nitrogen and oxygen atoms in total. The molecule has 1 saturated heterocycles. The van der Waals surface area contributed by atoms with E-state index in [0.29, 0.717) is 37.8 Å². The topological polar surface area (TPSA) is 58.7 Å². The van der Waals surface area contributed by atoms with Gasteiger partial charge in [-0.3, -0.25) is 9.59 Å². The Labute approximate surface area is 218 Å². The highest BCUT2D eigenvalue weighted by Crippen LogP contribution is 2.60. The van der Waals surface area contributed by atoms with Crippen LogP contribution in [0.5, 0.6) is 0 Å². The standard InChI is InChI=1S/C31H37N3O3/c1-20-3-5-22(6-4-20)19-34-27(14-26-7-10-37-29(26)34)28(35)32-8-9-33(21(2)18-32)30(36)31-15-23-11-24(16-31)13-25(12-23)17-31/h3-7,10,14,21,23-25H,8-9,11-13,15-19H2,1-2H3. The van der Waals surface area contributed by atoms with E-state index in [0.717, 1.165) is 53.7 Å². The molecule has 4 saturated carbocycles. The lowest BCUT2D eigenvalue weighted by Gasteiger charge is -2.57. The number of aromatic nitrogens is 1. The van der Waals surface area contributed by atoms with Gasteiger partial charge in [-0.2, -0.15) is 0 Å². The van der Waals surface area contributed by atoms with Gasteiger partial charge in [0.25, 0.3) is 5.91 Å². The van der Waals surface area contributed by atoms with E-state index in [-0.39, 0.29) is 17.4 Å². The van der Waals surface area contributed by atoms with Crippen LogP contribution in [0.15, 0.2) is 47.1 Å². The fourth-order valence-corrected chi connectivity index (χ4v) is 8.47. The molecule has 0 radical (unpaired) electrons. The lowest BCUT2D eigenvalue weighted by Crippen LogP contribution is -2.61. The number of carbonyl (C=O) groups excluding carboxylic acids is 2. The maximum Gasteiger partial charge on any atom is 0.270 e. The predicted molar refractivity (Wildman–Crippen MR) is 142 cm³/mol. The molecule has 1 unspecified atom stereocenters. The van der Waals surface area contributed by atoms with E-state index in [2.05, 4.69) is 43.0 Å². The Hall–Kier alpha value is -3.02. The van der Waals surface area contributed by atoms with Gasteiger partial charge in [0, 0.05) is 31.1 Å². The summed E-state index contributed by atoms with van der Waals surface area (Å²) in [7, 11) is 0. The summed E-state index contributed by atoms with van der Waals surface area (Å²) in [5.41, 5.74) is 3.61. The van der Waals surface area contributed by atoms with Gasteiger partial charge < -0.3 is 18.8 Å². The van der Waals surface area contributed by atoms with E-state index < -0.39 is 0 Å².